The van der Waals surface area contributed by atoms with Gasteiger partial charge in [-0.15, -0.1) is 11.3 Å². The second-order valence-corrected chi connectivity index (χ2v) is 9.39. The zero-order valence-electron chi connectivity index (χ0n) is 18.1. The number of hydrogen-bond acceptors (Lipinski definition) is 4. The van der Waals surface area contributed by atoms with E-state index in [1.165, 1.54) is 16.3 Å². The third-order valence-electron chi connectivity index (χ3n) is 6.23. The van der Waals surface area contributed by atoms with Crippen LogP contribution in [0.25, 0.3) is 10.8 Å². The van der Waals surface area contributed by atoms with Crippen molar-refractivity contribution in [3.8, 4) is 0 Å². The van der Waals surface area contributed by atoms with Crippen LogP contribution in [0.5, 0.6) is 0 Å². The highest BCUT2D eigenvalue weighted by Crippen LogP contribution is 2.35. The molecule has 0 bridgehead atoms. The summed E-state index contributed by atoms with van der Waals surface area (Å²) in [4.78, 5) is 20.1. The first-order chi connectivity index (χ1) is 15.7. The van der Waals surface area contributed by atoms with Crippen molar-refractivity contribution in [2.75, 3.05) is 6.54 Å². The van der Waals surface area contributed by atoms with E-state index in [0.717, 1.165) is 23.4 Å². The molecule has 1 aliphatic rings. The van der Waals surface area contributed by atoms with Crippen molar-refractivity contribution in [2.24, 2.45) is 0 Å². The van der Waals surface area contributed by atoms with Crippen molar-refractivity contribution in [3.05, 3.63) is 101 Å². The molecule has 1 N–H and O–H groups in total. The maximum Gasteiger partial charge on any atom is 0.235 e. The lowest BCUT2D eigenvalue weighted by atomic mass is 10.0. The van der Waals surface area contributed by atoms with Gasteiger partial charge in [-0.3, -0.25) is 9.69 Å². The van der Waals surface area contributed by atoms with Crippen LogP contribution in [0.1, 0.15) is 48.0 Å². The predicted molar refractivity (Wildman–Crippen MR) is 131 cm³/mol. The fraction of sp³-hybridized carbons (Fsp3) is 0.259. The molecule has 5 rings (SSSR count). The number of carbonyl (C=O) groups is 1. The van der Waals surface area contributed by atoms with Crippen molar-refractivity contribution in [1.82, 2.24) is 15.2 Å². The monoisotopic (exact) mass is 441 g/mol. The van der Waals surface area contributed by atoms with Crippen LogP contribution < -0.4 is 5.32 Å². The van der Waals surface area contributed by atoms with Crippen molar-refractivity contribution in [1.29, 1.82) is 0 Å². The van der Waals surface area contributed by atoms with E-state index in [2.05, 4.69) is 64.6 Å². The molecule has 1 amide bonds. The third kappa shape index (κ3) is 4.59. The summed E-state index contributed by atoms with van der Waals surface area (Å²) in [5.41, 5.74) is 2.30. The van der Waals surface area contributed by atoms with Crippen LogP contribution in [0.2, 0.25) is 0 Å². The fourth-order valence-corrected chi connectivity index (χ4v) is 5.04. The second-order valence-electron chi connectivity index (χ2n) is 8.47. The van der Waals surface area contributed by atoms with Gasteiger partial charge in [0, 0.05) is 23.7 Å². The van der Waals surface area contributed by atoms with Crippen molar-refractivity contribution in [2.45, 2.75) is 37.9 Å². The summed E-state index contributed by atoms with van der Waals surface area (Å²) in [7, 11) is 0. The lowest BCUT2D eigenvalue weighted by Crippen LogP contribution is -2.41. The van der Waals surface area contributed by atoms with Crippen LogP contribution in [-0.4, -0.2) is 28.4 Å². The van der Waals surface area contributed by atoms with Gasteiger partial charge in [-0.25, -0.2) is 4.98 Å². The van der Waals surface area contributed by atoms with Crippen molar-refractivity contribution in [3.63, 3.8) is 0 Å². The average molecular weight is 442 g/mol. The van der Waals surface area contributed by atoms with E-state index in [-0.39, 0.29) is 18.0 Å². The SMILES string of the molecule is CC(c1ccc2ccccc2c1)N(CC(=O)NC(c1ccccc1)c1nccs1)C1CC1. The molecular weight excluding hydrogens is 414 g/mol. The Balaban J connectivity index is 1.34. The third-order valence-corrected chi connectivity index (χ3v) is 7.07. The van der Waals surface area contributed by atoms with E-state index >= 15 is 0 Å². The topological polar surface area (TPSA) is 45.2 Å². The number of amides is 1. The Morgan fingerprint density at radius 3 is 2.50 bits per heavy atom. The van der Waals surface area contributed by atoms with Gasteiger partial charge >= 0.3 is 0 Å². The number of fused-ring (bicyclic) bond motifs is 1. The van der Waals surface area contributed by atoms with Gasteiger partial charge in [0.25, 0.3) is 0 Å². The number of carbonyl (C=O) groups excluding carboxylic acids is 1. The summed E-state index contributed by atoms with van der Waals surface area (Å²) in [5, 5.41) is 8.60. The van der Waals surface area contributed by atoms with Crippen LogP contribution in [0, 0.1) is 0 Å². The molecule has 0 aliphatic heterocycles. The first kappa shape index (κ1) is 20.9. The Morgan fingerprint density at radius 2 is 1.78 bits per heavy atom. The Morgan fingerprint density at radius 1 is 1.03 bits per heavy atom. The highest BCUT2D eigenvalue weighted by molar-refractivity contribution is 7.09. The second kappa shape index (κ2) is 9.23. The molecule has 0 spiro atoms. The molecule has 3 aromatic carbocycles. The summed E-state index contributed by atoms with van der Waals surface area (Å²) >= 11 is 1.57. The minimum absolute atomic E-state index is 0.0357. The van der Waals surface area contributed by atoms with Gasteiger partial charge in [0.1, 0.15) is 11.0 Å². The van der Waals surface area contributed by atoms with Gasteiger partial charge in [0.05, 0.1) is 6.54 Å². The van der Waals surface area contributed by atoms with E-state index in [1.54, 1.807) is 17.5 Å². The molecule has 1 heterocycles. The zero-order chi connectivity index (χ0) is 21.9. The summed E-state index contributed by atoms with van der Waals surface area (Å²) in [6.07, 6.45) is 4.10. The van der Waals surface area contributed by atoms with Gasteiger partial charge < -0.3 is 5.32 Å². The molecule has 1 saturated carbocycles. The fourth-order valence-electron chi connectivity index (χ4n) is 4.33. The van der Waals surface area contributed by atoms with Gasteiger partial charge in [-0.1, -0.05) is 66.7 Å². The molecule has 4 nitrogen and oxygen atoms in total. The molecule has 1 fully saturated rings. The maximum absolute atomic E-state index is 13.2. The molecule has 1 aromatic heterocycles. The number of aromatic nitrogens is 1. The smallest absolute Gasteiger partial charge is 0.235 e. The number of nitrogens with zero attached hydrogens (tertiary/aromatic N) is 2. The molecule has 32 heavy (non-hydrogen) atoms. The standard InChI is InChI=1S/C27H27N3OS/c1-19(22-12-11-20-7-5-6-10-23(20)17-22)30(24-13-14-24)18-25(31)29-26(27-28-15-16-32-27)21-8-3-2-4-9-21/h2-12,15-17,19,24,26H,13-14,18H2,1H3,(H,29,31). The zero-order valence-corrected chi connectivity index (χ0v) is 19.0. The molecule has 5 heteroatoms. The molecule has 2 unspecified atom stereocenters. The first-order valence-corrected chi connectivity index (χ1v) is 12.0. The highest BCUT2D eigenvalue weighted by Gasteiger charge is 2.34. The average Bonchev–Trinajstić information content (AvgIpc) is 3.54. The lowest BCUT2D eigenvalue weighted by Gasteiger charge is -2.30. The number of hydrogen-bond donors (Lipinski definition) is 1. The molecule has 1 aliphatic carbocycles. The summed E-state index contributed by atoms with van der Waals surface area (Å²) < 4.78 is 0. The summed E-state index contributed by atoms with van der Waals surface area (Å²) in [6.45, 7) is 2.60. The maximum atomic E-state index is 13.2. The van der Waals surface area contributed by atoms with Crippen LogP contribution in [0.3, 0.4) is 0 Å². The van der Waals surface area contributed by atoms with Crippen molar-refractivity contribution >= 4 is 28.0 Å². The largest absolute Gasteiger partial charge is 0.342 e. The van der Waals surface area contributed by atoms with Crippen LogP contribution >= 0.6 is 11.3 Å². The molecular formula is C27H27N3OS. The van der Waals surface area contributed by atoms with E-state index in [4.69, 9.17) is 0 Å². The Kier molecular flexibility index (Phi) is 6.02. The van der Waals surface area contributed by atoms with Gasteiger partial charge in [0.15, 0.2) is 0 Å². The quantitative estimate of drug-likeness (QED) is 0.380. The molecule has 4 aromatic rings. The number of thiazole rings is 1. The van der Waals surface area contributed by atoms with Crippen LogP contribution in [0.4, 0.5) is 0 Å². The molecule has 0 saturated heterocycles. The Labute approximate surface area is 192 Å². The Hall–Kier alpha value is -3.02. The first-order valence-electron chi connectivity index (χ1n) is 11.2. The van der Waals surface area contributed by atoms with Gasteiger partial charge in [-0.2, -0.15) is 0 Å². The highest BCUT2D eigenvalue weighted by atomic mass is 32.1. The molecule has 162 valence electrons. The van der Waals surface area contributed by atoms with E-state index in [1.807, 2.05) is 35.7 Å². The van der Waals surface area contributed by atoms with Gasteiger partial charge in [0.2, 0.25) is 5.91 Å². The van der Waals surface area contributed by atoms with Gasteiger partial charge in [-0.05, 0) is 47.7 Å². The molecule has 0 radical (unpaired) electrons. The lowest BCUT2D eigenvalue weighted by molar-refractivity contribution is -0.123. The van der Waals surface area contributed by atoms with E-state index in [9.17, 15) is 4.79 Å². The number of benzene rings is 3. The number of rotatable bonds is 8. The Bertz CT molecular complexity index is 1190. The minimum Gasteiger partial charge on any atom is -0.342 e. The number of nitrogens with one attached hydrogen (secondary N) is 1. The minimum atomic E-state index is -0.222. The summed E-state index contributed by atoms with van der Waals surface area (Å²) in [5.74, 6) is 0.0357. The van der Waals surface area contributed by atoms with Crippen molar-refractivity contribution < 1.29 is 4.79 Å². The van der Waals surface area contributed by atoms with E-state index < -0.39 is 0 Å². The molecule has 2 atom stereocenters. The van der Waals surface area contributed by atoms with E-state index in [0.29, 0.717) is 12.6 Å². The van der Waals surface area contributed by atoms with Crippen LogP contribution in [0.15, 0.2) is 84.4 Å². The summed E-state index contributed by atoms with van der Waals surface area (Å²) in [6, 6.07) is 25.6. The van der Waals surface area contributed by atoms with Crippen LogP contribution in [-0.2, 0) is 4.79 Å². The normalized spacial score (nSPS) is 15.6. The predicted octanol–water partition coefficient (Wildman–Crippen LogP) is 5.73.